The zero-order valence-electron chi connectivity index (χ0n) is 20.3. The Labute approximate surface area is 214 Å². The highest BCUT2D eigenvalue weighted by Gasteiger charge is 2.44. The summed E-state index contributed by atoms with van der Waals surface area (Å²) in [6, 6.07) is 10.4. The van der Waals surface area contributed by atoms with Crippen molar-refractivity contribution in [2.24, 2.45) is 0 Å². The predicted octanol–water partition coefficient (Wildman–Crippen LogP) is 5.40. The highest BCUT2D eigenvalue weighted by atomic mass is 19.4. The van der Waals surface area contributed by atoms with Crippen LogP contribution in [0.1, 0.15) is 46.6 Å². The third-order valence-corrected chi connectivity index (χ3v) is 7.36. The van der Waals surface area contributed by atoms with E-state index in [4.69, 9.17) is 0 Å². The summed E-state index contributed by atoms with van der Waals surface area (Å²) in [7, 11) is 1.46. The normalized spacial score (nSPS) is 18.7. The first-order chi connectivity index (χ1) is 18.0. The molecule has 1 fully saturated rings. The second-order valence-corrected chi connectivity index (χ2v) is 9.70. The summed E-state index contributed by atoms with van der Waals surface area (Å²) in [4.78, 5) is 16.6. The molecule has 6 rings (SSSR count). The molecule has 12 heteroatoms. The van der Waals surface area contributed by atoms with E-state index in [2.05, 4.69) is 19.5 Å². The van der Waals surface area contributed by atoms with Crippen molar-refractivity contribution in [3.8, 4) is 17.2 Å². The number of aromatic nitrogens is 2. The number of rotatable bonds is 4. The second kappa shape index (κ2) is 8.69. The summed E-state index contributed by atoms with van der Waals surface area (Å²) < 4.78 is 78.7. The Hall–Kier alpha value is -3.67. The number of hydrogen-bond donors (Lipinski definition) is 0. The van der Waals surface area contributed by atoms with Crippen LogP contribution in [0.3, 0.4) is 0 Å². The number of fused-ring (bicyclic) bond motifs is 2. The highest BCUT2D eigenvalue weighted by Crippen LogP contribution is 2.43. The van der Waals surface area contributed by atoms with Crippen molar-refractivity contribution < 1.29 is 36.2 Å². The average molecular weight is 534 g/mol. The van der Waals surface area contributed by atoms with Gasteiger partial charge in [-0.2, -0.15) is 18.3 Å². The van der Waals surface area contributed by atoms with Gasteiger partial charge in [0, 0.05) is 55.5 Å². The molecule has 0 saturated heterocycles. The van der Waals surface area contributed by atoms with E-state index in [1.165, 1.54) is 47.0 Å². The summed E-state index contributed by atoms with van der Waals surface area (Å²) in [6.07, 6.45) is -4.91. The molecule has 2 aromatic carbocycles. The number of alkyl halides is 5. The number of ether oxygens (including phenoxy) is 2. The van der Waals surface area contributed by atoms with E-state index in [1.807, 2.05) is 0 Å². The van der Waals surface area contributed by atoms with Gasteiger partial charge < -0.3 is 14.4 Å². The molecule has 1 saturated carbocycles. The molecule has 0 N–H and O–H groups in total. The lowest BCUT2D eigenvalue weighted by Crippen LogP contribution is -2.43. The molecule has 0 spiro atoms. The Morgan fingerprint density at radius 1 is 1.11 bits per heavy atom. The summed E-state index contributed by atoms with van der Waals surface area (Å²) >= 11 is 0. The van der Waals surface area contributed by atoms with Crippen LogP contribution in [0.2, 0.25) is 0 Å². The lowest BCUT2D eigenvalue weighted by Gasteiger charge is -2.39. The molecule has 0 unspecified atom stereocenters. The number of hydrogen-bond acceptors (Lipinski definition) is 5. The van der Waals surface area contributed by atoms with Crippen molar-refractivity contribution in [1.29, 1.82) is 0 Å². The monoisotopic (exact) mass is 534 g/mol. The van der Waals surface area contributed by atoms with Gasteiger partial charge in [-0.1, -0.05) is 12.5 Å². The van der Waals surface area contributed by atoms with Crippen molar-refractivity contribution in [3.05, 3.63) is 65.0 Å². The number of anilines is 1. The van der Waals surface area contributed by atoms with Crippen molar-refractivity contribution in [3.63, 3.8) is 0 Å². The summed E-state index contributed by atoms with van der Waals surface area (Å²) in [5.74, 6) is -0.855. The third kappa shape index (κ3) is 4.26. The molecule has 2 aliphatic heterocycles. The molecule has 200 valence electrons. The lowest BCUT2D eigenvalue weighted by molar-refractivity contribution is -0.286. The van der Waals surface area contributed by atoms with Gasteiger partial charge >= 0.3 is 12.5 Å². The number of carbonyl (C=O) groups excluding carboxylic acids is 1. The van der Waals surface area contributed by atoms with Crippen LogP contribution in [-0.2, 0) is 19.1 Å². The van der Waals surface area contributed by atoms with Crippen molar-refractivity contribution in [1.82, 2.24) is 14.7 Å². The Bertz CT molecular complexity index is 1420. The molecule has 1 aromatic heterocycles. The van der Waals surface area contributed by atoms with Gasteiger partial charge in [0.2, 0.25) is 0 Å². The molecule has 38 heavy (non-hydrogen) atoms. The zero-order chi connectivity index (χ0) is 26.8. The molecule has 3 aliphatic rings. The van der Waals surface area contributed by atoms with E-state index in [9.17, 15) is 26.7 Å². The standard InChI is InChI=1S/C26H23F5N4O3/c1-33(17-8-9-21-22(13-17)38-26(30,31)37-21)24(36)15-4-2-7-18(12-15)35-20-10-11-34(16-5-3-6-16)14-19(20)23(32-35)25(27,28)29/h2,4,7-9,12-13,16H,3,5-6,10-11,14H2,1H3. The van der Waals surface area contributed by atoms with Crippen LogP contribution >= 0.6 is 0 Å². The zero-order valence-corrected chi connectivity index (χ0v) is 20.3. The smallest absolute Gasteiger partial charge is 0.395 e. The van der Waals surface area contributed by atoms with Gasteiger partial charge in [0.1, 0.15) is 0 Å². The summed E-state index contributed by atoms with van der Waals surface area (Å²) in [5, 5.41) is 3.97. The Morgan fingerprint density at radius 2 is 1.87 bits per heavy atom. The van der Waals surface area contributed by atoms with Crippen LogP contribution < -0.4 is 14.4 Å². The molecule has 1 aliphatic carbocycles. The highest BCUT2D eigenvalue weighted by molar-refractivity contribution is 6.06. The number of benzene rings is 2. The maximum atomic E-state index is 14.0. The molecular weight excluding hydrogens is 511 g/mol. The van der Waals surface area contributed by atoms with Crippen LogP contribution in [0.4, 0.5) is 27.6 Å². The van der Waals surface area contributed by atoms with Gasteiger partial charge in [-0.25, -0.2) is 4.68 Å². The largest absolute Gasteiger partial charge is 0.586 e. The Balaban J connectivity index is 1.30. The van der Waals surface area contributed by atoms with E-state index in [1.54, 1.807) is 12.1 Å². The fraction of sp³-hybridized carbons (Fsp3) is 0.385. The van der Waals surface area contributed by atoms with Crippen LogP contribution in [0.25, 0.3) is 5.69 Å². The minimum Gasteiger partial charge on any atom is -0.395 e. The maximum Gasteiger partial charge on any atom is 0.586 e. The second-order valence-electron chi connectivity index (χ2n) is 9.70. The first kappa shape index (κ1) is 24.7. The first-order valence-corrected chi connectivity index (χ1v) is 12.2. The van der Waals surface area contributed by atoms with Gasteiger partial charge in [0.15, 0.2) is 17.2 Å². The van der Waals surface area contributed by atoms with E-state index in [0.29, 0.717) is 30.4 Å². The Kier molecular flexibility index (Phi) is 5.64. The quantitative estimate of drug-likeness (QED) is 0.420. The summed E-state index contributed by atoms with van der Waals surface area (Å²) in [6.45, 7) is 0.838. The number of amides is 1. The van der Waals surface area contributed by atoms with Gasteiger partial charge in [-0.15, -0.1) is 8.78 Å². The van der Waals surface area contributed by atoms with Crippen LogP contribution in [0.5, 0.6) is 11.5 Å². The molecule has 0 radical (unpaired) electrons. The molecule has 3 heterocycles. The SMILES string of the molecule is CN(C(=O)c1cccc(-n2nc(C(F)(F)F)c3c2CCN(C2CCC2)C3)c1)c1ccc2c(c1)OC(F)(F)O2. The molecule has 0 atom stereocenters. The lowest BCUT2D eigenvalue weighted by atomic mass is 9.89. The van der Waals surface area contributed by atoms with Crippen molar-refractivity contribution in [2.75, 3.05) is 18.5 Å². The van der Waals surface area contributed by atoms with Crippen molar-refractivity contribution >= 4 is 11.6 Å². The van der Waals surface area contributed by atoms with Crippen LogP contribution in [0.15, 0.2) is 42.5 Å². The van der Waals surface area contributed by atoms with Gasteiger partial charge in [-0.3, -0.25) is 9.69 Å². The molecule has 3 aromatic rings. The topological polar surface area (TPSA) is 59.8 Å². The molecule has 1 amide bonds. The third-order valence-electron chi connectivity index (χ3n) is 7.36. The average Bonchev–Trinajstić information content (AvgIpc) is 3.37. The predicted molar refractivity (Wildman–Crippen MR) is 126 cm³/mol. The first-order valence-electron chi connectivity index (χ1n) is 12.2. The fourth-order valence-corrected chi connectivity index (χ4v) is 5.17. The van der Waals surface area contributed by atoms with Crippen LogP contribution in [-0.4, -0.2) is 46.5 Å². The van der Waals surface area contributed by atoms with Gasteiger partial charge in [0.25, 0.3) is 5.91 Å². The number of halogens is 5. The van der Waals surface area contributed by atoms with Gasteiger partial charge in [0.05, 0.1) is 11.4 Å². The minimum absolute atomic E-state index is 0.151. The van der Waals surface area contributed by atoms with Gasteiger partial charge in [-0.05, 0) is 43.2 Å². The molecule has 0 bridgehead atoms. The minimum atomic E-state index is -4.61. The molecular formula is C26H23F5N4O3. The van der Waals surface area contributed by atoms with E-state index >= 15 is 0 Å². The van der Waals surface area contributed by atoms with E-state index in [0.717, 1.165) is 19.3 Å². The number of nitrogens with zero attached hydrogens (tertiary/aromatic N) is 4. The molecule has 7 nitrogen and oxygen atoms in total. The van der Waals surface area contributed by atoms with E-state index in [-0.39, 0.29) is 34.9 Å². The fourth-order valence-electron chi connectivity index (χ4n) is 5.17. The Morgan fingerprint density at radius 3 is 2.58 bits per heavy atom. The maximum absolute atomic E-state index is 14.0. The van der Waals surface area contributed by atoms with Crippen molar-refractivity contribution in [2.45, 2.75) is 50.7 Å². The number of carbonyl (C=O) groups is 1. The summed E-state index contributed by atoms with van der Waals surface area (Å²) in [5.41, 5.74) is 0.565. The van der Waals surface area contributed by atoms with E-state index < -0.39 is 24.1 Å². The van der Waals surface area contributed by atoms with Crippen LogP contribution in [0, 0.1) is 0 Å².